The van der Waals surface area contributed by atoms with Crippen molar-refractivity contribution in [3.8, 4) is 0 Å². The lowest BCUT2D eigenvalue weighted by Gasteiger charge is -2.10. The van der Waals surface area contributed by atoms with Crippen LogP contribution in [0.2, 0.25) is 0 Å². The van der Waals surface area contributed by atoms with Crippen molar-refractivity contribution in [1.29, 1.82) is 0 Å². The molecule has 1 fully saturated rings. The number of aromatic amines is 2. The minimum atomic E-state index is -0.921. The Morgan fingerprint density at radius 2 is 2.24 bits per heavy atom. The molecule has 96 valence electrons. The molecular weight excluding hydrogens is 248 g/mol. The van der Waals surface area contributed by atoms with E-state index < -0.39 is 18.3 Å². The van der Waals surface area contributed by atoms with Crippen LogP contribution in [0.15, 0.2) is 17.1 Å². The van der Waals surface area contributed by atoms with Gasteiger partial charge >= 0.3 is 5.69 Å². The zero-order valence-corrected chi connectivity index (χ0v) is 9.68. The number of nitrogens with one attached hydrogen (secondary N) is 2. The quantitative estimate of drug-likeness (QED) is 0.394. The van der Waals surface area contributed by atoms with Crippen LogP contribution in [-0.4, -0.2) is 56.8 Å². The summed E-state index contributed by atoms with van der Waals surface area (Å²) >= 11 is 4.62. The Labute approximate surface area is 102 Å². The van der Waals surface area contributed by atoms with Crippen molar-refractivity contribution >= 4 is 12.2 Å². The smallest absolute Gasteiger partial charge is 0.323 e. The number of rotatable bonds is 1. The van der Waals surface area contributed by atoms with E-state index >= 15 is 0 Å². The predicted octanol–water partition coefficient (Wildman–Crippen LogP) is -1.47. The highest BCUT2D eigenvalue weighted by Gasteiger charge is 2.33. The van der Waals surface area contributed by atoms with Crippen LogP contribution in [0.5, 0.6) is 0 Å². The summed E-state index contributed by atoms with van der Waals surface area (Å²) in [6.45, 7) is -0.120. The Balaban J connectivity index is 0.000000171. The molecule has 0 spiro atoms. The first kappa shape index (κ1) is 14.0. The van der Waals surface area contributed by atoms with Gasteiger partial charge in [0.1, 0.15) is 23.0 Å². The Morgan fingerprint density at radius 3 is 2.53 bits per heavy atom. The SMILES string of the molecule is O=c1[nH]ccc(=S)[nH]1.OC[C@H]1OC[C@H](O)[C@@H]1O. The molecule has 0 bridgehead atoms. The molecule has 1 aromatic heterocycles. The van der Waals surface area contributed by atoms with Crippen LogP contribution in [0.4, 0.5) is 0 Å². The fourth-order valence-corrected chi connectivity index (χ4v) is 1.37. The number of aliphatic hydroxyl groups excluding tert-OH is 3. The van der Waals surface area contributed by atoms with Gasteiger partial charge in [-0.25, -0.2) is 4.79 Å². The summed E-state index contributed by atoms with van der Waals surface area (Å²) in [5, 5.41) is 26.2. The van der Waals surface area contributed by atoms with Crippen molar-refractivity contribution in [2.24, 2.45) is 0 Å². The number of aliphatic hydroxyl groups is 3. The van der Waals surface area contributed by atoms with Gasteiger partial charge in [0.15, 0.2) is 0 Å². The molecule has 0 aromatic carbocycles. The molecule has 8 heteroatoms. The summed E-state index contributed by atoms with van der Waals surface area (Å²) in [5.74, 6) is 0. The fourth-order valence-electron chi connectivity index (χ4n) is 1.21. The number of hydrogen-bond donors (Lipinski definition) is 5. The average Bonchev–Trinajstić information content (AvgIpc) is 2.60. The van der Waals surface area contributed by atoms with Crippen molar-refractivity contribution in [3.63, 3.8) is 0 Å². The summed E-state index contributed by atoms with van der Waals surface area (Å²) < 4.78 is 5.23. The normalized spacial score (nSPS) is 27.4. The van der Waals surface area contributed by atoms with Crippen LogP contribution < -0.4 is 5.69 Å². The Bertz CT molecular complexity index is 420. The molecule has 5 N–H and O–H groups in total. The van der Waals surface area contributed by atoms with Gasteiger partial charge in [0, 0.05) is 6.20 Å². The zero-order valence-electron chi connectivity index (χ0n) is 8.87. The van der Waals surface area contributed by atoms with Crippen LogP contribution in [0, 0.1) is 4.64 Å². The molecule has 1 aliphatic rings. The molecule has 17 heavy (non-hydrogen) atoms. The Hall–Kier alpha value is -1.06. The summed E-state index contributed by atoms with van der Waals surface area (Å²) in [6, 6.07) is 1.61. The third kappa shape index (κ3) is 4.36. The monoisotopic (exact) mass is 262 g/mol. The molecule has 0 amide bonds. The van der Waals surface area contributed by atoms with Gasteiger partial charge in [0.2, 0.25) is 0 Å². The van der Waals surface area contributed by atoms with Crippen molar-refractivity contribution < 1.29 is 20.1 Å². The van der Waals surface area contributed by atoms with E-state index in [0.29, 0.717) is 4.64 Å². The maximum atomic E-state index is 10.3. The number of ether oxygens (including phenoxy) is 1. The van der Waals surface area contributed by atoms with Gasteiger partial charge in [-0.05, 0) is 6.07 Å². The Kier molecular flexibility index (Phi) is 5.45. The van der Waals surface area contributed by atoms with E-state index in [-0.39, 0.29) is 18.9 Å². The topological polar surface area (TPSA) is 119 Å². The summed E-state index contributed by atoms with van der Waals surface area (Å²) in [4.78, 5) is 15.1. The first-order valence-electron chi connectivity index (χ1n) is 4.91. The van der Waals surface area contributed by atoms with E-state index in [4.69, 9.17) is 20.1 Å². The van der Waals surface area contributed by atoms with E-state index in [9.17, 15) is 4.79 Å². The third-order valence-corrected chi connectivity index (χ3v) is 2.36. The summed E-state index contributed by atoms with van der Waals surface area (Å²) in [7, 11) is 0. The van der Waals surface area contributed by atoms with Gasteiger partial charge in [-0.1, -0.05) is 12.2 Å². The number of hydrogen-bond acceptors (Lipinski definition) is 6. The molecule has 0 unspecified atom stereocenters. The second kappa shape index (κ2) is 6.62. The van der Waals surface area contributed by atoms with Gasteiger partial charge in [0.05, 0.1) is 13.2 Å². The van der Waals surface area contributed by atoms with E-state index in [0.717, 1.165) is 0 Å². The van der Waals surface area contributed by atoms with Crippen molar-refractivity contribution in [3.05, 3.63) is 27.4 Å². The molecule has 1 aliphatic heterocycles. The molecule has 2 heterocycles. The van der Waals surface area contributed by atoms with E-state index in [2.05, 4.69) is 22.2 Å². The second-order valence-corrected chi connectivity index (χ2v) is 3.85. The fraction of sp³-hybridized carbons (Fsp3) is 0.556. The van der Waals surface area contributed by atoms with Gasteiger partial charge in [0.25, 0.3) is 0 Å². The number of aromatic nitrogens is 2. The van der Waals surface area contributed by atoms with Gasteiger partial charge in [-0.2, -0.15) is 0 Å². The maximum absolute atomic E-state index is 10.3. The van der Waals surface area contributed by atoms with E-state index in [1.165, 1.54) is 6.20 Å². The summed E-state index contributed by atoms with van der Waals surface area (Å²) in [5.41, 5.74) is -0.266. The third-order valence-electron chi connectivity index (χ3n) is 2.12. The van der Waals surface area contributed by atoms with Crippen LogP contribution in [0.3, 0.4) is 0 Å². The van der Waals surface area contributed by atoms with Gasteiger partial charge in [-0.15, -0.1) is 0 Å². The molecule has 0 aliphatic carbocycles. The predicted molar refractivity (Wildman–Crippen MR) is 61.1 cm³/mol. The highest BCUT2D eigenvalue weighted by Crippen LogP contribution is 2.12. The van der Waals surface area contributed by atoms with Gasteiger partial charge < -0.3 is 25.0 Å². The molecule has 0 saturated carbocycles. The zero-order chi connectivity index (χ0) is 12.8. The van der Waals surface area contributed by atoms with Crippen LogP contribution >= 0.6 is 12.2 Å². The minimum Gasteiger partial charge on any atom is -0.394 e. The van der Waals surface area contributed by atoms with Crippen LogP contribution in [-0.2, 0) is 4.74 Å². The van der Waals surface area contributed by atoms with Crippen molar-refractivity contribution in [2.75, 3.05) is 13.2 Å². The highest BCUT2D eigenvalue weighted by molar-refractivity contribution is 7.71. The lowest BCUT2D eigenvalue weighted by Crippen LogP contribution is -2.31. The first-order chi connectivity index (χ1) is 8.04. The minimum absolute atomic E-state index is 0.117. The van der Waals surface area contributed by atoms with Crippen LogP contribution in [0.1, 0.15) is 0 Å². The molecule has 7 nitrogen and oxygen atoms in total. The highest BCUT2D eigenvalue weighted by atomic mass is 32.1. The van der Waals surface area contributed by atoms with Crippen molar-refractivity contribution in [2.45, 2.75) is 18.3 Å². The molecule has 3 atom stereocenters. The van der Waals surface area contributed by atoms with Crippen LogP contribution in [0.25, 0.3) is 0 Å². The lowest BCUT2D eigenvalue weighted by atomic mass is 10.2. The maximum Gasteiger partial charge on any atom is 0.323 e. The largest absolute Gasteiger partial charge is 0.394 e. The molecule has 0 radical (unpaired) electrons. The van der Waals surface area contributed by atoms with Gasteiger partial charge in [-0.3, -0.25) is 4.98 Å². The molecule has 2 rings (SSSR count). The van der Waals surface area contributed by atoms with E-state index in [1.807, 2.05) is 0 Å². The second-order valence-electron chi connectivity index (χ2n) is 3.41. The number of H-pyrrole nitrogens is 2. The molecule has 1 aromatic rings. The molecular formula is C9H14N2O5S. The average molecular weight is 262 g/mol. The standard InChI is InChI=1S/C5H10O4.C4H4N2OS/c6-1-4-5(8)3(7)2-9-4;7-4-5-2-1-3(8)6-4/h3-8H,1-2H2;1-2H,(H2,5,6,7,8)/t3-,4+,5-;/m0./s1. The Morgan fingerprint density at radius 1 is 1.53 bits per heavy atom. The molecule has 1 saturated heterocycles. The van der Waals surface area contributed by atoms with Crippen molar-refractivity contribution in [1.82, 2.24) is 9.97 Å². The summed E-state index contributed by atoms with van der Waals surface area (Å²) in [6.07, 6.45) is -0.849. The lowest BCUT2D eigenvalue weighted by molar-refractivity contribution is -0.00588. The van der Waals surface area contributed by atoms with E-state index in [1.54, 1.807) is 6.07 Å². The first-order valence-corrected chi connectivity index (χ1v) is 5.32.